The van der Waals surface area contributed by atoms with Crippen LogP contribution in [0.2, 0.25) is 0 Å². The molecule has 1 unspecified atom stereocenters. The lowest BCUT2D eigenvalue weighted by molar-refractivity contribution is -0.121. The van der Waals surface area contributed by atoms with Crippen LogP contribution in [-0.4, -0.2) is 13.0 Å². The molecule has 0 saturated heterocycles. The molecule has 82 valence electrons. The van der Waals surface area contributed by atoms with Crippen LogP contribution < -0.4 is 10.1 Å². The Bertz CT molecular complexity index is 336. The number of amides is 1. The van der Waals surface area contributed by atoms with Crippen LogP contribution in [-0.2, 0) is 4.79 Å². The predicted molar refractivity (Wildman–Crippen MR) is 59.8 cm³/mol. The standard InChI is InChI=1S/C12H17NO2/c1-4-12(14)13-9(2)10-6-5-7-11(8-10)15-3/h5-9H,4H2,1-3H3,(H,13,14). The van der Waals surface area contributed by atoms with Gasteiger partial charge >= 0.3 is 0 Å². The van der Waals surface area contributed by atoms with Crippen molar-refractivity contribution in [3.05, 3.63) is 29.8 Å². The summed E-state index contributed by atoms with van der Waals surface area (Å²) in [6.45, 7) is 3.80. The molecule has 0 aliphatic carbocycles. The summed E-state index contributed by atoms with van der Waals surface area (Å²) in [5.74, 6) is 0.871. The monoisotopic (exact) mass is 207 g/mol. The Morgan fingerprint density at radius 3 is 2.87 bits per heavy atom. The Hall–Kier alpha value is -1.51. The minimum atomic E-state index is 0.0209. The van der Waals surface area contributed by atoms with E-state index in [0.29, 0.717) is 6.42 Å². The van der Waals surface area contributed by atoms with Crippen LogP contribution in [0.25, 0.3) is 0 Å². The largest absolute Gasteiger partial charge is 0.497 e. The Morgan fingerprint density at radius 2 is 2.27 bits per heavy atom. The Labute approximate surface area is 90.4 Å². The van der Waals surface area contributed by atoms with Crippen LogP contribution in [0, 0.1) is 0 Å². The summed E-state index contributed by atoms with van der Waals surface area (Å²) in [5.41, 5.74) is 1.05. The number of hydrogen-bond acceptors (Lipinski definition) is 2. The molecular formula is C12H17NO2. The van der Waals surface area contributed by atoms with E-state index in [2.05, 4.69) is 5.32 Å². The minimum Gasteiger partial charge on any atom is -0.497 e. The summed E-state index contributed by atoms with van der Waals surface area (Å²) >= 11 is 0. The first-order valence-corrected chi connectivity index (χ1v) is 5.10. The summed E-state index contributed by atoms with van der Waals surface area (Å²) in [5, 5.41) is 2.90. The van der Waals surface area contributed by atoms with E-state index in [9.17, 15) is 4.79 Å². The summed E-state index contributed by atoms with van der Waals surface area (Å²) in [6, 6.07) is 7.73. The zero-order valence-electron chi connectivity index (χ0n) is 9.41. The maximum Gasteiger partial charge on any atom is 0.220 e. The van der Waals surface area contributed by atoms with E-state index < -0.39 is 0 Å². The molecule has 1 N–H and O–H groups in total. The lowest BCUT2D eigenvalue weighted by atomic mass is 10.1. The first kappa shape index (κ1) is 11.6. The second-order valence-corrected chi connectivity index (χ2v) is 3.42. The number of methoxy groups -OCH3 is 1. The van der Waals surface area contributed by atoms with Gasteiger partial charge in [0.2, 0.25) is 5.91 Å². The van der Waals surface area contributed by atoms with Crippen molar-refractivity contribution in [2.24, 2.45) is 0 Å². The van der Waals surface area contributed by atoms with Gasteiger partial charge in [0.1, 0.15) is 5.75 Å². The highest BCUT2D eigenvalue weighted by molar-refractivity contribution is 5.76. The SMILES string of the molecule is CCC(=O)NC(C)c1cccc(OC)c1. The van der Waals surface area contributed by atoms with E-state index in [1.807, 2.05) is 38.1 Å². The number of carbonyl (C=O) groups is 1. The van der Waals surface area contributed by atoms with Gasteiger partial charge in [-0.15, -0.1) is 0 Å². The van der Waals surface area contributed by atoms with Crippen molar-refractivity contribution >= 4 is 5.91 Å². The molecule has 3 nitrogen and oxygen atoms in total. The van der Waals surface area contributed by atoms with Crippen molar-refractivity contribution < 1.29 is 9.53 Å². The molecule has 0 aliphatic rings. The van der Waals surface area contributed by atoms with E-state index in [1.165, 1.54) is 0 Å². The van der Waals surface area contributed by atoms with Gasteiger partial charge in [0.25, 0.3) is 0 Å². The van der Waals surface area contributed by atoms with E-state index in [0.717, 1.165) is 11.3 Å². The minimum absolute atomic E-state index is 0.0209. The van der Waals surface area contributed by atoms with Crippen molar-refractivity contribution in [1.29, 1.82) is 0 Å². The number of benzene rings is 1. The lowest BCUT2D eigenvalue weighted by Gasteiger charge is -2.14. The number of ether oxygens (including phenoxy) is 1. The van der Waals surface area contributed by atoms with Gasteiger partial charge in [-0.1, -0.05) is 19.1 Å². The summed E-state index contributed by atoms with van der Waals surface area (Å²) in [6.07, 6.45) is 0.508. The molecule has 1 amide bonds. The molecule has 0 spiro atoms. The number of nitrogens with one attached hydrogen (secondary N) is 1. The second kappa shape index (κ2) is 5.39. The fourth-order valence-electron chi connectivity index (χ4n) is 1.34. The van der Waals surface area contributed by atoms with Crippen LogP contribution in [0.15, 0.2) is 24.3 Å². The fraction of sp³-hybridized carbons (Fsp3) is 0.417. The third kappa shape index (κ3) is 3.27. The second-order valence-electron chi connectivity index (χ2n) is 3.42. The van der Waals surface area contributed by atoms with Crippen molar-refractivity contribution in [1.82, 2.24) is 5.32 Å². The van der Waals surface area contributed by atoms with Crippen molar-refractivity contribution in [2.45, 2.75) is 26.3 Å². The third-order valence-electron chi connectivity index (χ3n) is 2.29. The zero-order valence-corrected chi connectivity index (χ0v) is 9.41. The van der Waals surface area contributed by atoms with E-state index >= 15 is 0 Å². The molecule has 1 aromatic rings. The molecule has 1 rings (SSSR count). The molecule has 1 atom stereocenters. The first-order chi connectivity index (χ1) is 7.17. The van der Waals surface area contributed by atoms with Gasteiger partial charge in [-0.05, 0) is 24.6 Å². The van der Waals surface area contributed by atoms with E-state index in [4.69, 9.17) is 4.74 Å². The van der Waals surface area contributed by atoms with Crippen molar-refractivity contribution in [3.63, 3.8) is 0 Å². The maximum absolute atomic E-state index is 11.2. The fourth-order valence-corrected chi connectivity index (χ4v) is 1.34. The first-order valence-electron chi connectivity index (χ1n) is 5.10. The zero-order chi connectivity index (χ0) is 11.3. The predicted octanol–water partition coefficient (Wildman–Crippen LogP) is 2.28. The molecule has 0 aromatic heterocycles. The van der Waals surface area contributed by atoms with Crippen molar-refractivity contribution in [2.75, 3.05) is 7.11 Å². The van der Waals surface area contributed by atoms with Crippen molar-refractivity contribution in [3.8, 4) is 5.75 Å². The average Bonchev–Trinajstić information content (AvgIpc) is 2.28. The quantitative estimate of drug-likeness (QED) is 0.822. The molecule has 3 heteroatoms. The topological polar surface area (TPSA) is 38.3 Å². The normalized spacial score (nSPS) is 11.9. The lowest BCUT2D eigenvalue weighted by Crippen LogP contribution is -2.25. The van der Waals surface area contributed by atoms with Gasteiger partial charge in [-0.25, -0.2) is 0 Å². The molecule has 1 aromatic carbocycles. The van der Waals surface area contributed by atoms with Gasteiger partial charge < -0.3 is 10.1 Å². The summed E-state index contributed by atoms with van der Waals surface area (Å²) < 4.78 is 5.12. The molecular weight excluding hydrogens is 190 g/mol. The average molecular weight is 207 g/mol. The Balaban J connectivity index is 2.72. The van der Waals surface area contributed by atoms with Crippen LogP contribution >= 0.6 is 0 Å². The van der Waals surface area contributed by atoms with Gasteiger partial charge in [0.05, 0.1) is 13.2 Å². The molecule has 0 heterocycles. The summed E-state index contributed by atoms with van der Waals surface area (Å²) in [4.78, 5) is 11.2. The van der Waals surface area contributed by atoms with Gasteiger partial charge in [-0.2, -0.15) is 0 Å². The highest BCUT2D eigenvalue weighted by Gasteiger charge is 2.08. The molecule has 0 bridgehead atoms. The van der Waals surface area contributed by atoms with E-state index in [-0.39, 0.29) is 11.9 Å². The van der Waals surface area contributed by atoms with Crippen LogP contribution in [0.4, 0.5) is 0 Å². The number of hydrogen-bond donors (Lipinski definition) is 1. The van der Waals surface area contributed by atoms with Crippen LogP contribution in [0.3, 0.4) is 0 Å². The molecule has 0 fully saturated rings. The van der Waals surface area contributed by atoms with Crippen LogP contribution in [0.1, 0.15) is 31.9 Å². The summed E-state index contributed by atoms with van der Waals surface area (Å²) in [7, 11) is 1.63. The van der Waals surface area contributed by atoms with Gasteiger partial charge in [0, 0.05) is 6.42 Å². The maximum atomic E-state index is 11.2. The molecule has 0 radical (unpaired) electrons. The highest BCUT2D eigenvalue weighted by atomic mass is 16.5. The highest BCUT2D eigenvalue weighted by Crippen LogP contribution is 2.18. The molecule has 15 heavy (non-hydrogen) atoms. The number of rotatable bonds is 4. The van der Waals surface area contributed by atoms with E-state index in [1.54, 1.807) is 7.11 Å². The smallest absolute Gasteiger partial charge is 0.220 e. The Morgan fingerprint density at radius 1 is 1.53 bits per heavy atom. The van der Waals surface area contributed by atoms with Gasteiger partial charge in [0.15, 0.2) is 0 Å². The third-order valence-corrected chi connectivity index (χ3v) is 2.29. The van der Waals surface area contributed by atoms with Gasteiger partial charge in [-0.3, -0.25) is 4.79 Å². The Kier molecular flexibility index (Phi) is 4.16. The van der Waals surface area contributed by atoms with Crippen LogP contribution in [0.5, 0.6) is 5.75 Å². The molecule has 0 saturated carbocycles. The molecule has 0 aliphatic heterocycles. The number of carbonyl (C=O) groups excluding carboxylic acids is 1.